The average molecular weight is 279 g/mol. The first-order valence-corrected chi connectivity index (χ1v) is 4.81. The molecule has 0 rings (SSSR count). The van der Waals surface area contributed by atoms with Gasteiger partial charge in [-0.15, -0.1) is 12.4 Å². The van der Waals surface area contributed by atoms with Crippen molar-refractivity contribution in [1.29, 1.82) is 0 Å². The highest BCUT2D eigenvalue weighted by molar-refractivity contribution is 7.80. The summed E-state index contributed by atoms with van der Waals surface area (Å²) >= 11 is 7.30. The topological polar surface area (TPSA) is 127 Å². The van der Waals surface area contributed by atoms with Crippen LogP contribution in [0.2, 0.25) is 0 Å². The molecule has 15 heavy (non-hydrogen) atoms. The van der Waals surface area contributed by atoms with Gasteiger partial charge in [-0.3, -0.25) is 9.59 Å². The molecule has 0 amide bonds. The molecule has 6 nitrogen and oxygen atoms in total. The summed E-state index contributed by atoms with van der Waals surface area (Å²) < 4.78 is 0. The van der Waals surface area contributed by atoms with E-state index in [1.165, 1.54) is 0 Å². The zero-order valence-corrected chi connectivity index (χ0v) is 10.3. The second-order valence-electron chi connectivity index (χ2n) is 2.25. The van der Waals surface area contributed by atoms with Crippen molar-refractivity contribution in [3.8, 4) is 0 Å². The molecule has 0 saturated heterocycles. The Morgan fingerprint density at radius 3 is 1.20 bits per heavy atom. The van der Waals surface area contributed by atoms with Crippen LogP contribution in [0.15, 0.2) is 0 Å². The van der Waals surface area contributed by atoms with Gasteiger partial charge in [0.25, 0.3) is 0 Å². The molecule has 0 aliphatic rings. The maximum atomic E-state index is 9.76. The SMILES string of the molecule is Cl.N[C@@H](CS)C(=O)O.N[C@@H](CS)C(=O)O. The van der Waals surface area contributed by atoms with Crippen molar-refractivity contribution in [1.82, 2.24) is 0 Å². The molecule has 0 radical (unpaired) electrons. The molecule has 2 atom stereocenters. The molecule has 0 fully saturated rings. The maximum absolute atomic E-state index is 9.76. The fraction of sp³-hybridized carbons (Fsp3) is 0.667. The van der Waals surface area contributed by atoms with E-state index in [4.69, 9.17) is 21.7 Å². The van der Waals surface area contributed by atoms with E-state index in [-0.39, 0.29) is 23.9 Å². The van der Waals surface area contributed by atoms with Crippen molar-refractivity contribution in [3.05, 3.63) is 0 Å². The second-order valence-corrected chi connectivity index (χ2v) is 2.98. The fourth-order valence-corrected chi connectivity index (χ4v) is 0.469. The lowest BCUT2D eigenvalue weighted by Gasteiger charge is -1.96. The molecule has 9 heteroatoms. The second kappa shape index (κ2) is 11.9. The summed E-state index contributed by atoms with van der Waals surface area (Å²) in [6, 6.07) is -1.63. The van der Waals surface area contributed by atoms with Crippen molar-refractivity contribution in [3.63, 3.8) is 0 Å². The molecular formula is C6H15ClN2O4S2. The van der Waals surface area contributed by atoms with Gasteiger partial charge in [-0.05, 0) is 0 Å². The van der Waals surface area contributed by atoms with Gasteiger partial charge < -0.3 is 21.7 Å². The molecule has 0 heterocycles. The Hall–Kier alpha value is -0.150. The molecule has 0 unspecified atom stereocenters. The number of hydrogen-bond donors (Lipinski definition) is 6. The van der Waals surface area contributed by atoms with Crippen LogP contribution in [0.5, 0.6) is 0 Å². The molecule has 0 bridgehead atoms. The molecule has 0 aromatic carbocycles. The minimum Gasteiger partial charge on any atom is -0.480 e. The van der Waals surface area contributed by atoms with Crippen molar-refractivity contribution in [2.45, 2.75) is 12.1 Å². The van der Waals surface area contributed by atoms with E-state index in [2.05, 4.69) is 25.3 Å². The number of thiol groups is 2. The summed E-state index contributed by atoms with van der Waals surface area (Å²) in [5.74, 6) is -1.63. The highest BCUT2D eigenvalue weighted by Crippen LogP contribution is 1.80. The molecule has 0 aromatic rings. The van der Waals surface area contributed by atoms with E-state index in [9.17, 15) is 9.59 Å². The van der Waals surface area contributed by atoms with Crippen LogP contribution in [0.1, 0.15) is 0 Å². The van der Waals surface area contributed by atoms with Crippen LogP contribution in [0.3, 0.4) is 0 Å². The lowest BCUT2D eigenvalue weighted by atomic mass is 10.4. The van der Waals surface area contributed by atoms with Gasteiger partial charge in [0.05, 0.1) is 0 Å². The van der Waals surface area contributed by atoms with Gasteiger partial charge in [-0.1, -0.05) is 0 Å². The van der Waals surface area contributed by atoms with Gasteiger partial charge in [0, 0.05) is 11.5 Å². The summed E-state index contributed by atoms with van der Waals surface area (Å²) in [6.45, 7) is 0. The smallest absolute Gasteiger partial charge is 0.321 e. The van der Waals surface area contributed by atoms with Crippen LogP contribution in [-0.4, -0.2) is 45.7 Å². The van der Waals surface area contributed by atoms with Crippen LogP contribution < -0.4 is 11.5 Å². The Morgan fingerprint density at radius 1 is 1.00 bits per heavy atom. The van der Waals surface area contributed by atoms with E-state index in [1.54, 1.807) is 0 Å². The van der Waals surface area contributed by atoms with Crippen molar-refractivity contribution in [2.75, 3.05) is 11.5 Å². The first-order chi connectivity index (χ1) is 6.36. The van der Waals surface area contributed by atoms with Gasteiger partial charge in [0.1, 0.15) is 12.1 Å². The Kier molecular flexibility index (Phi) is 16.1. The lowest BCUT2D eigenvalue weighted by Crippen LogP contribution is -2.31. The molecule has 92 valence electrons. The van der Waals surface area contributed by atoms with E-state index in [1.807, 2.05) is 0 Å². The molecule has 0 aliphatic heterocycles. The number of nitrogens with two attached hydrogens (primary N) is 2. The average Bonchev–Trinajstić information content (AvgIpc) is 2.15. The molecule has 0 aliphatic carbocycles. The van der Waals surface area contributed by atoms with E-state index >= 15 is 0 Å². The zero-order chi connectivity index (χ0) is 11.7. The first kappa shape index (κ1) is 20.3. The molecule has 6 N–H and O–H groups in total. The maximum Gasteiger partial charge on any atom is 0.321 e. The number of carbonyl (C=O) groups is 2. The van der Waals surface area contributed by atoms with Crippen LogP contribution in [0.25, 0.3) is 0 Å². The van der Waals surface area contributed by atoms with Gasteiger partial charge in [0.2, 0.25) is 0 Å². The van der Waals surface area contributed by atoms with Gasteiger partial charge in [0.15, 0.2) is 0 Å². The number of halogens is 1. The number of carboxylic acids is 2. The third-order valence-corrected chi connectivity index (χ3v) is 1.81. The van der Waals surface area contributed by atoms with E-state index in [0.717, 1.165) is 0 Å². The third-order valence-electron chi connectivity index (χ3n) is 1.03. The van der Waals surface area contributed by atoms with Crippen molar-refractivity contribution < 1.29 is 19.8 Å². The quantitative estimate of drug-likeness (QED) is 0.369. The molecule has 0 aromatic heterocycles. The first-order valence-electron chi connectivity index (χ1n) is 3.55. The number of rotatable bonds is 4. The largest absolute Gasteiger partial charge is 0.480 e. The summed E-state index contributed by atoms with van der Waals surface area (Å²) in [4.78, 5) is 19.5. The summed E-state index contributed by atoms with van der Waals surface area (Å²) in [5, 5.41) is 16.0. The Morgan fingerprint density at radius 2 is 1.20 bits per heavy atom. The predicted octanol–water partition coefficient (Wildman–Crippen LogP) is -0.922. The number of hydrogen-bond acceptors (Lipinski definition) is 6. The monoisotopic (exact) mass is 278 g/mol. The number of carboxylic acid groups (broad SMARTS) is 2. The van der Waals surface area contributed by atoms with Gasteiger partial charge >= 0.3 is 11.9 Å². The van der Waals surface area contributed by atoms with E-state index < -0.39 is 24.0 Å². The van der Waals surface area contributed by atoms with Crippen LogP contribution in [0.4, 0.5) is 0 Å². The minimum absolute atomic E-state index is 0. The van der Waals surface area contributed by atoms with Crippen molar-refractivity contribution >= 4 is 49.6 Å². The van der Waals surface area contributed by atoms with Crippen LogP contribution >= 0.6 is 37.7 Å². The highest BCUT2D eigenvalue weighted by Gasteiger charge is 2.06. The minimum atomic E-state index is -1.00. The Balaban J connectivity index is -0.000000180. The number of aliphatic carboxylic acids is 2. The van der Waals surface area contributed by atoms with Gasteiger partial charge in [-0.2, -0.15) is 25.3 Å². The molecule has 0 saturated carbocycles. The standard InChI is InChI=1S/2C3H7NO2S.ClH/c2*4-2(1-7)3(5)6;/h2*2,7H,1,4H2,(H,5,6);1H/t2*2-;/m00./s1. The fourth-order valence-electron chi connectivity index (χ4n) is 0.156. The summed E-state index contributed by atoms with van der Waals surface area (Å²) in [7, 11) is 0. The summed E-state index contributed by atoms with van der Waals surface area (Å²) in [6.07, 6.45) is 0. The van der Waals surface area contributed by atoms with Crippen LogP contribution in [0, 0.1) is 0 Å². The molecule has 0 spiro atoms. The predicted molar refractivity (Wildman–Crippen MR) is 66.2 cm³/mol. The normalized spacial score (nSPS) is 12.5. The Labute approximate surface area is 105 Å². The highest BCUT2D eigenvalue weighted by atomic mass is 35.5. The van der Waals surface area contributed by atoms with Crippen molar-refractivity contribution in [2.24, 2.45) is 11.5 Å². The van der Waals surface area contributed by atoms with Gasteiger partial charge in [-0.25, -0.2) is 0 Å². The summed E-state index contributed by atoms with van der Waals surface area (Å²) in [5.41, 5.74) is 9.88. The van der Waals surface area contributed by atoms with E-state index in [0.29, 0.717) is 0 Å². The Bertz CT molecular complexity index is 176. The van der Waals surface area contributed by atoms with Crippen LogP contribution in [-0.2, 0) is 9.59 Å². The third kappa shape index (κ3) is 13.9. The zero-order valence-electron chi connectivity index (χ0n) is 7.74. The molecular weight excluding hydrogens is 264 g/mol. The lowest BCUT2D eigenvalue weighted by molar-refractivity contribution is -0.138.